The first-order valence-electron chi connectivity index (χ1n) is 13.7. The second-order valence-corrected chi connectivity index (χ2v) is 10.8. The van der Waals surface area contributed by atoms with Crippen LogP contribution in [0.25, 0.3) is 10.8 Å². The number of rotatable bonds is 8. The fraction of sp³-hybridized carbons (Fsp3) is 0.387. The molecular formula is C31H33N3O5. The molecule has 3 aromatic rings. The summed E-state index contributed by atoms with van der Waals surface area (Å²) in [6, 6.07) is 22.2. The second kappa shape index (κ2) is 9.77. The minimum atomic E-state index is -1.13. The minimum absolute atomic E-state index is 0.00622. The third-order valence-corrected chi connectivity index (χ3v) is 8.88. The number of β-amino-alcohol motifs (C(OH)–C–C–N with tert-alkyl or cyclic N) is 1. The molecule has 0 aromatic heterocycles. The molecule has 0 radical (unpaired) electrons. The summed E-state index contributed by atoms with van der Waals surface area (Å²) < 4.78 is 6.73. The van der Waals surface area contributed by atoms with Crippen molar-refractivity contribution in [2.24, 2.45) is 11.8 Å². The molecular weight excluding hydrogens is 494 g/mol. The average Bonchev–Trinajstić information content (AvgIpc) is 3.56. The number of ether oxygens (including phenoxy) is 1. The molecule has 5 atom stereocenters. The molecule has 8 heteroatoms. The van der Waals surface area contributed by atoms with Crippen LogP contribution in [0.4, 0.5) is 5.69 Å². The van der Waals surface area contributed by atoms with E-state index in [1.165, 1.54) is 4.90 Å². The zero-order valence-electron chi connectivity index (χ0n) is 21.9. The van der Waals surface area contributed by atoms with Gasteiger partial charge in [-0.15, -0.1) is 0 Å². The molecule has 3 amide bonds. The maximum Gasteiger partial charge on any atom is 0.250 e. The van der Waals surface area contributed by atoms with Gasteiger partial charge in [0, 0.05) is 18.8 Å². The third kappa shape index (κ3) is 4.01. The molecule has 0 saturated carbocycles. The van der Waals surface area contributed by atoms with Crippen LogP contribution in [0, 0.1) is 11.8 Å². The quantitative estimate of drug-likeness (QED) is 0.417. The SMILES string of the molecule is CC[C@@]12CCC3(O1)C(C(=O)Nc1ccc4ccccc4c1)N(CCO)C(=O)[C@@H]3[C@@H]2C(=O)NCc1ccccc1. The van der Waals surface area contributed by atoms with Crippen molar-refractivity contribution in [3.8, 4) is 0 Å². The Balaban J connectivity index is 1.32. The lowest BCUT2D eigenvalue weighted by Crippen LogP contribution is -2.53. The van der Waals surface area contributed by atoms with E-state index in [-0.39, 0.29) is 30.9 Å². The molecule has 3 aliphatic rings. The number of anilines is 1. The summed E-state index contributed by atoms with van der Waals surface area (Å²) in [6.07, 6.45) is 1.64. The molecule has 3 fully saturated rings. The lowest BCUT2D eigenvalue weighted by Gasteiger charge is -2.34. The van der Waals surface area contributed by atoms with E-state index < -0.39 is 29.1 Å². The number of benzene rings is 3. The number of amides is 3. The highest BCUT2D eigenvalue weighted by Gasteiger charge is 2.78. The molecule has 2 bridgehead atoms. The van der Waals surface area contributed by atoms with Crippen molar-refractivity contribution in [1.82, 2.24) is 10.2 Å². The van der Waals surface area contributed by atoms with Gasteiger partial charge in [0.25, 0.3) is 0 Å². The summed E-state index contributed by atoms with van der Waals surface area (Å²) >= 11 is 0. The topological polar surface area (TPSA) is 108 Å². The Morgan fingerprint density at radius 2 is 1.74 bits per heavy atom. The first-order chi connectivity index (χ1) is 18.9. The van der Waals surface area contributed by atoms with Crippen LogP contribution in [0.15, 0.2) is 72.8 Å². The standard InChI is InChI=1S/C31H33N3O5/c1-2-30-14-15-31(39-30)25(24(30)27(36)32-19-20-8-4-3-5-9-20)29(38)34(16-17-35)26(31)28(37)33-23-13-12-21-10-6-7-11-22(21)18-23/h3-13,18,24-26,35H,2,14-17,19H2,1H3,(H,32,36)(H,33,37)/t24-,25+,26?,30+,31?/m1/s1. The van der Waals surface area contributed by atoms with Gasteiger partial charge in [0.2, 0.25) is 17.7 Å². The highest BCUT2D eigenvalue weighted by molar-refractivity contribution is 6.04. The number of hydrogen-bond donors (Lipinski definition) is 3. The van der Waals surface area contributed by atoms with Crippen LogP contribution in [0.1, 0.15) is 31.7 Å². The van der Waals surface area contributed by atoms with Crippen molar-refractivity contribution in [2.45, 2.75) is 50.0 Å². The Morgan fingerprint density at radius 3 is 2.49 bits per heavy atom. The maximum absolute atomic E-state index is 13.9. The van der Waals surface area contributed by atoms with E-state index in [1.807, 2.05) is 79.7 Å². The van der Waals surface area contributed by atoms with Crippen LogP contribution in [0.5, 0.6) is 0 Å². The van der Waals surface area contributed by atoms with Gasteiger partial charge in [-0.25, -0.2) is 0 Å². The molecule has 3 N–H and O–H groups in total. The number of hydrogen-bond acceptors (Lipinski definition) is 5. The summed E-state index contributed by atoms with van der Waals surface area (Å²) in [7, 11) is 0. The maximum atomic E-state index is 13.9. The van der Waals surface area contributed by atoms with Gasteiger partial charge in [0.1, 0.15) is 11.6 Å². The van der Waals surface area contributed by atoms with E-state index in [2.05, 4.69) is 10.6 Å². The van der Waals surface area contributed by atoms with Gasteiger partial charge in [-0.2, -0.15) is 0 Å². The minimum Gasteiger partial charge on any atom is -0.395 e. The summed E-state index contributed by atoms with van der Waals surface area (Å²) in [4.78, 5) is 43.0. The van der Waals surface area contributed by atoms with Gasteiger partial charge in [-0.1, -0.05) is 67.6 Å². The van der Waals surface area contributed by atoms with E-state index >= 15 is 0 Å². The van der Waals surface area contributed by atoms with Crippen LogP contribution in [-0.2, 0) is 25.7 Å². The Hall–Kier alpha value is -3.75. The van der Waals surface area contributed by atoms with Crippen LogP contribution in [0.3, 0.4) is 0 Å². The zero-order chi connectivity index (χ0) is 27.2. The summed E-state index contributed by atoms with van der Waals surface area (Å²) in [5, 5.41) is 17.9. The van der Waals surface area contributed by atoms with Crippen LogP contribution in [0.2, 0.25) is 0 Å². The number of aliphatic hydroxyl groups is 1. The lowest BCUT2D eigenvalue weighted by atomic mass is 9.65. The summed E-state index contributed by atoms with van der Waals surface area (Å²) in [5.41, 5.74) is -0.362. The van der Waals surface area contributed by atoms with Gasteiger partial charge in [-0.05, 0) is 47.7 Å². The first kappa shape index (κ1) is 25.5. The van der Waals surface area contributed by atoms with Gasteiger partial charge in [-0.3, -0.25) is 14.4 Å². The summed E-state index contributed by atoms with van der Waals surface area (Å²) in [5.74, 6) is -2.42. The van der Waals surface area contributed by atoms with Crippen molar-refractivity contribution >= 4 is 34.2 Å². The van der Waals surface area contributed by atoms with Crippen molar-refractivity contribution in [1.29, 1.82) is 0 Å². The number of fused-ring (bicyclic) bond motifs is 2. The van der Waals surface area contributed by atoms with Crippen molar-refractivity contribution in [3.63, 3.8) is 0 Å². The molecule has 202 valence electrons. The Labute approximate surface area is 227 Å². The number of carbonyl (C=O) groups excluding carboxylic acids is 3. The molecule has 3 aliphatic heterocycles. The molecule has 6 rings (SSSR count). The fourth-order valence-electron chi connectivity index (χ4n) is 7.14. The predicted octanol–water partition coefficient (Wildman–Crippen LogP) is 3.24. The van der Waals surface area contributed by atoms with E-state index in [1.54, 1.807) is 0 Å². The van der Waals surface area contributed by atoms with E-state index in [9.17, 15) is 19.5 Å². The second-order valence-electron chi connectivity index (χ2n) is 10.8. The Bertz CT molecular complexity index is 1430. The average molecular weight is 528 g/mol. The lowest BCUT2D eigenvalue weighted by molar-refractivity contribution is -0.146. The molecule has 2 unspecified atom stereocenters. The van der Waals surface area contributed by atoms with E-state index in [4.69, 9.17) is 4.74 Å². The van der Waals surface area contributed by atoms with Crippen LogP contribution in [-0.4, -0.2) is 58.1 Å². The Morgan fingerprint density at radius 1 is 1.00 bits per heavy atom. The largest absolute Gasteiger partial charge is 0.395 e. The fourth-order valence-corrected chi connectivity index (χ4v) is 7.14. The molecule has 3 aromatic carbocycles. The third-order valence-electron chi connectivity index (χ3n) is 8.88. The number of aliphatic hydroxyl groups excluding tert-OH is 1. The highest BCUT2D eigenvalue weighted by Crippen LogP contribution is 2.64. The molecule has 3 heterocycles. The molecule has 0 aliphatic carbocycles. The molecule has 39 heavy (non-hydrogen) atoms. The highest BCUT2D eigenvalue weighted by atomic mass is 16.5. The molecule has 8 nitrogen and oxygen atoms in total. The zero-order valence-corrected chi connectivity index (χ0v) is 21.9. The number of carbonyl (C=O) groups is 3. The van der Waals surface area contributed by atoms with Crippen molar-refractivity contribution in [3.05, 3.63) is 78.4 Å². The smallest absolute Gasteiger partial charge is 0.250 e. The van der Waals surface area contributed by atoms with Gasteiger partial charge in [0.15, 0.2) is 0 Å². The number of nitrogens with one attached hydrogen (secondary N) is 2. The summed E-state index contributed by atoms with van der Waals surface area (Å²) in [6.45, 7) is 2.01. The van der Waals surface area contributed by atoms with E-state index in [0.29, 0.717) is 31.5 Å². The van der Waals surface area contributed by atoms with Crippen molar-refractivity contribution in [2.75, 3.05) is 18.5 Å². The van der Waals surface area contributed by atoms with Gasteiger partial charge in [0.05, 0.1) is 24.0 Å². The first-order valence-corrected chi connectivity index (χ1v) is 13.7. The van der Waals surface area contributed by atoms with E-state index in [0.717, 1.165) is 16.3 Å². The van der Waals surface area contributed by atoms with Crippen LogP contribution >= 0.6 is 0 Å². The molecule has 3 saturated heterocycles. The van der Waals surface area contributed by atoms with Gasteiger partial charge >= 0.3 is 0 Å². The van der Waals surface area contributed by atoms with Gasteiger partial charge < -0.3 is 25.4 Å². The number of nitrogens with zero attached hydrogens (tertiary/aromatic N) is 1. The number of likely N-dealkylation sites (tertiary alicyclic amines) is 1. The van der Waals surface area contributed by atoms with Crippen LogP contribution < -0.4 is 10.6 Å². The molecule has 1 spiro atoms. The van der Waals surface area contributed by atoms with Crippen molar-refractivity contribution < 1.29 is 24.2 Å². The predicted molar refractivity (Wildman–Crippen MR) is 147 cm³/mol. The Kier molecular flexibility index (Phi) is 6.40. The monoisotopic (exact) mass is 527 g/mol. The normalized spacial score (nSPS) is 29.0.